The van der Waals surface area contributed by atoms with Crippen LogP contribution in [0.2, 0.25) is 5.02 Å². The maximum Gasteiger partial charge on any atom is 0.335 e. The molecule has 27 heavy (non-hydrogen) atoms. The largest absolute Gasteiger partial charge is 0.486 e. The molecule has 0 spiro atoms. The first-order valence-corrected chi connectivity index (χ1v) is 8.58. The number of carbonyl (C=O) groups excluding carboxylic acids is 1. The van der Waals surface area contributed by atoms with Crippen molar-refractivity contribution in [3.8, 4) is 11.5 Å². The van der Waals surface area contributed by atoms with E-state index in [1.165, 1.54) is 19.2 Å². The van der Waals surface area contributed by atoms with Gasteiger partial charge in [-0.05, 0) is 41.5 Å². The second kappa shape index (κ2) is 8.28. The Morgan fingerprint density at radius 3 is 2.67 bits per heavy atom. The Morgan fingerprint density at radius 2 is 1.93 bits per heavy atom. The number of anilines is 1. The number of carbonyl (C=O) groups is 2. The normalized spacial score (nSPS) is 12.5. The van der Waals surface area contributed by atoms with Gasteiger partial charge in [0.05, 0.1) is 23.6 Å². The number of nitrogens with one attached hydrogen (secondary N) is 1. The van der Waals surface area contributed by atoms with Gasteiger partial charge in [0.2, 0.25) is 5.91 Å². The Labute approximate surface area is 160 Å². The number of fused-ring (bicyclic) bond motifs is 1. The summed E-state index contributed by atoms with van der Waals surface area (Å²) in [6.45, 7) is 1.08. The number of hydrogen-bond acceptors (Lipinski definition) is 5. The second-order valence-electron chi connectivity index (χ2n) is 5.98. The minimum absolute atomic E-state index is 0.0489. The van der Waals surface area contributed by atoms with Gasteiger partial charge in [-0.15, -0.1) is 0 Å². The fourth-order valence-electron chi connectivity index (χ4n) is 2.79. The molecule has 2 N–H and O–H groups in total. The third kappa shape index (κ3) is 4.69. The average molecular weight is 392 g/mol. The summed E-state index contributed by atoms with van der Waals surface area (Å²) in [5, 5.41) is 12.3. The average Bonchev–Trinajstić information content (AvgIpc) is 2.61. The van der Waals surface area contributed by atoms with E-state index in [-0.39, 0.29) is 24.5 Å². The molecule has 3 rings (SSSR count). The van der Waals surface area contributed by atoms with Crippen LogP contribution in [0.4, 0.5) is 5.69 Å². The molecule has 2 aromatic carbocycles. The third-order valence-electron chi connectivity index (χ3n) is 3.86. The van der Waals surface area contributed by atoms with Crippen LogP contribution in [0.25, 0.3) is 0 Å². The van der Waals surface area contributed by atoms with E-state index in [2.05, 4.69) is 5.32 Å². The van der Waals surface area contributed by atoms with Crippen LogP contribution in [0.1, 0.15) is 21.5 Å². The molecule has 2 aromatic rings. The molecule has 0 atom stereocenters. The zero-order chi connectivity index (χ0) is 19.4. The molecule has 0 bridgehead atoms. The molecule has 0 saturated heterocycles. The van der Waals surface area contributed by atoms with Crippen molar-refractivity contribution in [2.24, 2.45) is 0 Å². The minimum Gasteiger partial charge on any atom is -0.486 e. The maximum absolute atomic E-state index is 12.4. The molecule has 1 aliphatic rings. The van der Waals surface area contributed by atoms with Gasteiger partial charge in [0.15, 0.2) is 11.5 Å². The molecule has 0 unspecified atom stereocenters. The summed E-state index contributed by atoms with van der Waals surface area (Å²) in [5.74, 6) is -0.409. The Bertz CT molecular complexity index is 883. The fraction of sp³-hybridized carbons (Fsp3) is 0.263. The van der Waals surface area contributed by atoms with E-state index < -0.39 is 5.97 Å². The molecule has 0 aliphatic carbocycles. The summed E-state index contributed by atoms with van der Waals surface area (Å²) in [6.07, 6.45) is 0.0489. The SMILES string of the molecule is COCc1cc(NC(=O)Cc2cc(Cl)c3c(c2)OCCO3)cc(C(=O)O)c1. The predicted octanol–water partition coefficient (Wildman–Crippen LogP) is 3.14. The zero-order valence-electron chi connectivity index (χ0n) is 14.6. The second-order valence-corrected chi connectivity index (χ2v) is 6.39. The van der Waals surface area contributed by atoms with Crippen molar-refractivity contribution in [3.05, 3.63) is 52.0 Å². The van der Waals surface area contributed by atoms with Crippen molar-refractivity contribution < 1.29 is 28.9 Å². The number of halogens is 1. The Kier molecular flexibility index (Phi) is 5.83. The van der Waals surface area contributed by atoms with Gasteiger partial charge in [-0.3, -0.25) is 4.79 Å². The molecule has 1 aliphatic heterocycles. The minimum atomic E-state index is -1.08. The van der Waals surface area contributed by atoms with Gasteiger partial charge in [0, 0.05) is 12.8 Å². The number of benzene rings is 2. The number of rotatable bonds is 6. The van der Waals surface area contributed by atoms with E-state index in [1.807, 2.05) is 0 Å². The monoisotopic (exact) mass is 391 g/mol. The van der Waals surface area contributed by atoms with Crippen LogP contribution in [0, 0.1) is 0 Å². The molecular formula is C19H18ClNO6. The number of ether oxygens (including phenoxy) is 3. The van der Waals surface area contributed by atoms with E-state index in [4.69, 9.17) is 25.8 Å². The lowest BCUT2D eigenvalue weighted by Crippen LogP contribution is -2.17. The lowest BCUT2D eigenvalue weighted by molar-refractivity contribution is -0.115. The highest BCUT2D eigenvalue weighted by molar-refractivity contribution is 6.32. The van der Waals surface area contributed by atoms with E-state index in [0.717, 1.165) is 0 Å². The highest BCUT2D eigenvalue weighted by atomic mass is 35.5. The summed E-state index contributed by atoms with van der Waals surface area (Å²) in [6, 6.07) is 7.94. The van der Waals surface area contributed by atoms with Gasteiger partial charge in [-0.25, -0.2) is 4.79 Å². The van der Waals surface area contributed by atoms with Crippen molar-refractivity contribution in [1.29, 1.82) is 0 Å². The Hall–Kier alpha value is -2.77. The highest BCUT2D eigenvalue weighted by Gasteiger charge is 2.18. The number of carboxylic acids is 1. The van der Waals surface area contributed by atoms with Crippen molar-refractivity contribution in [1.82, 2.24) is 0 Å². The van der Waals surface area contributed by atoms with Gasteiger partial charge >= 0.3 is 5.97 Å². The van der Waals surface area contributed by atoms with Crippen LogP contribution in [0.5, 0.6) is 11.5 Å². The Morgan fingerprint density at radius 1 is 1.15 bits per heavy atom. The molecule has 1 amide bonds. The van der Waals surface area contributed by atoms with Crippen molar-refractivity contribution in [2.75, 3.05) is 25.6 Å². The zero-order valence-corrected chi connectivity index (χ0v) is 15.3. The van der Waals surface area contributed by atoms with E-state index in [9.17, 15) is 14.7 Å². The maximum atomic E-state index is 12.4. The van der Waals surface area contributed by atoms with Crippen LogP contribution in [0.3, 0.4) is 0 Å². The third-order valence-corrected chi connectivity index (χ3v) is 4.14. The van der Waals surface area contributed by atoms with E-state index in [1.54, 1.807) is 18.2 Å². The standard InChI is InChI=1S/C19H18ClNO6/c1-25-10-12-4-13(19(23)24)9-14(5-12)21-17(22)8-11-6-15(20)18-16(7-11)26-2-3-27-18/h4-7,9H,2-3,8,10H2,1H3,(H,21,22)(H,23,24). The molecule has 0 saturated carbocycles. The number of methoxy groups -OCH3 is 1. The lowest BCUT2D eigenvalue weighted by atomic mass is 10.1. The van der Waals surface area contributed by atoms with Gasteiger partial charge in [-0.1, -0.05) is 11.6 Å². The van der Waals surface area contributed by atoms with Gasteiger partial charge in [-0.2, -0.15) is 0 Å². The van der Waals surface area contributed by atoms with E-state index >= 15 is 0 Å². The highest BCUT2D eigenvalue weighted by Crippen LogP contribution is 2.38. The number of hydrogen-bond donors (Lipinski definition) is 2. The molecular weight excluding hydrogens is 374 g/mol. The summed E-state index contributed by atoms with van der Waals surface area (Å²) in [5.41, 5.74) is 1.76. The predicted molar refractivity (Wildman–Crippen MR) is 98.9 cm³/mol. The van der Waals surface area contributed by atoms with Crippen molar-refractivity contribution in [2.45, 2.75) is 13.0 Å². The first kappa shape index (κ1) is 19.0. The summed E-state index contributed by atoms with van der Waals surface area (Å²) >= 11 is 6.19. The first-order valence-electron chi connectivity index (χ1n) is 8.20. The van der Waals surface area contributed by atoms with Crippen LogP contribution in [-0.2, 0) is 22.6 Å². The van der Waals surface area contributed by atoms with Crippen molar-refractivity contribution >= 4 is 29.2 Å². The summed E-state index contributed by atoms with van der Waals surface area (Å²) in [7, 11) is 1.51. The molecule has 0 radical (unpaired) electrons. The van der Waals surface area contributed by atoms with Crippen LogP contribution < -0.4 is 14.8 Å². The number of aromatic carboxylic acids is 1. The van der Waals surface area contributed by atoms with Gasteiger partial charge < -0.3 is 24.6 Å². The number of amides is 1. The molecule has 7 nitrogen and oxygen atoms in total. The van der Waals surface area contributed by atoms with Crippen molar-refractivity contribution in [3.63, 3.8) is 0 Å². The molecule has 0 fully saturated rings. The van der Waals surface area contributed by atoms with Crippen LogP contribution >= 0.6 is 11.6 Å². The first-order chi connectivity index (χ1) is 13.0. The fourth-order valence-corrected chi connectivity index (χ4v) is 3.08. The molecule has 8 heteroatoms. The van der Waals surface area contributed by atoms with Gasteiger partial charge in [0.1, 0.15) is 13.2 Å². The van der Waals surface area contributed by atoms with Crippen LogP contribution in [-0.4, -0.2) is 37.3 Å². The molecule has 142 valence electrons. The van der Waals surface area contributed by atoms with Crippen LogP contribution in [0.15, 0.2) is 30.3 Å². The molecule has 0 aromatic heterocycles. The summed E-state index contributed by atoms with van der Waals surface area (Å²) in [4.78, 5) is 23.7. The Balaban J connectivity index is 1.76. The van der Waals surface area contributed by atoms with E-state index in [0.29, 0.717) is 46.5 Å². The van der Waals surface area contributed by atoms with Gasteiger partial charge in [0.25, 0.3) is 0 Å². The quantitative estimate of drug-likeness (QED) is 0.785. The lowest BCUT2D eigenvalue weighted by Gasteiger charge is -2.20. The topological polar surface area (TPSA) is 94.1 Å². The number of carboxylic acid groups (broad SMARTS) is 1. The summed E-state index contributed by atoms with van der Waals surface area (Å²) < 4.78 is 16.0. The smallest absolute Gasteiger partial charge is 0.335 e. The molecule has 1 heterocycles.